The van der Waals surface area contributed by atoms with Gasteiger partial charge in [-0.1, -0.05) is 13.8 Å². The Morgan fingerprint density at radius 1 is 1.04 bits per heavy atom. The van der Waals surface area contributed by atoms with Gasteiger partial charge in [0.25, 0.3) is 5.91 Å². The first-order valence-corrected chi connectivity index (χ1v) is 8.82. The van der Waals surface area contributed by atoms with E-state index in [1.165, 1.54) is 4.90 Å². The van der Waals surface area contributed by atoms with Gasteiger partial charge in [0.1, 0.15) is 5.54 Å². The molecule has 2 aliphatic heterocycles. The monoisotopic (exact) mass is 335 g/mol. The fourth-order valence-electron chi connectivity index (χ4n) is 3.66. The summed E-state index contributed by atoms with van der Waals surface area (Å²) in [6, 6.07) is -0.394. The number of nitrogens with one attached hydrogen (secondary N) is 1. The van der Waals surface area contributed by atoms with Crippen molar-refractivity contribution in [2.24, 2.45) is 11.8 Å². The van der Waals surface area contributed by atoms with Crippen molar-refractivity contribution < 1.29 is 19.2 Å². The van der Waals surface area contributed by atoms with Crippen molar-refractivity contribution in [1.82, 2.24) is 15.1 Å². The smallest absolute Gasteiger partial charge is 0.323 e. The van der Waals surface area contributed by atoms with Gasteiger partial charge >= 0.3 is 6.03 Å². The van der Waals surface area contributed by atoms with E-state index in [2.05, 4.69) is 19.2 Å². The summed E-state index contributed by atoms with van der Waals surface area (Å²) >= 11 is 0. The van der Waals surface area contributed by atoms with Gasteiger partial charge in [0, 0.05) is 25.9 Å². The lowest BCUT2D eigenvalue weighted by atomic mass is 9.85. The van der Waals surface area contributed by atoms with E-state index in [1.807, 2.05) is 0 Å². The minimum Gasteiger partial charge on any atom is -0.323 e. The van der Waals surface area contributed by atoms with Crippen LogP contribution in [0.1, 0.15) is 52.4 Å². The Kier molecular flexibility index (Phi) is 4.36. The Balaban J connectivity index is 1.68. The topological polar surface area (TPSA) is 86.8 Å². The van der Waals surface area contributed by atoms with Crippen molar-refractivity contribution in [2.45, 2.75) is 57.9 Å². The molecular weight excluding hydrogens is 310 g/mol. The highest BCUT2D eigenvalue weighted by Gasteiger charge is 2.58. The van der Waals surface area contributed by atoms with E-state index < -0.39 is 11.6 Å². The molecule has 0 bridgehead atoms. The van der Waals surface area contributed by atoms with Crippen molar-refractivity contribution in [3.63, 3.8) is 0 Å². The molecule has 0 radical (unpaired) electrons. The highest BCUT2D eigenvalue weighted by Crippen LogP contribution is 2.45. The molecule has 0 spiro atoms. The summed E-state index contributed by atoms with van der Waals surface area (Å²) in [5, 5.41) is 2.93. The summed E-state index contributed by atoms with van der Waals surface area (Å²) in [4.78, 5) is 51.0. The van der Waals surface area contributed by atoms with Crippen LogP contribution in [0.5, 0.6) is 0 Å². The van der Waals surface area contributed by atoms with Gasteiger partial charge in [-0.15, -0.1) is 0 Å². The Hall–Kier alpha value is -1.92. The highest BCUT2D eigenvalue weighted by molar-refractivity contribution is 6.07. The van der Waals surface area contributed by atoms with Crippen LogP contribution in [0, 0.1) is 11.8 Å². The predicted octanol–water partition coefficient (Wildman–Crippen LogP) is 1.27. The fourth-order valence-corrected chi connectivity index (χ4v) is 3.66. The van der Waals surface area contributed by atoms with E-state index >= 15 is 0 Å². The number of urea groups is 1. The molecule has 132 valence electrons. The van der Waals surface area contributed by atoms with E-state index in [9.17, 15) is 19.2 Å². The Labute approximate surface area is 141 Å². The predicted molar refractivity (Wildman–Crippen MR) is 85.7 cm³/mol. The number of hydrogen-bond donors (Lipinski definition) is 1. The average Bonchev–Trinajstić information content (AvgIpc) is 3.28. The van der Waals surface area contributed by atoms with E-state index in [0.29, 0.717) is 12.3 Å². The zero-order chi connectivity index (χ0) is 17.5. The molecule has 7 heteroatoms. The lowest BCUT2D eigenvalue weighted by Gasteiger charge is -2.27. The van der Waals surface area contributed by atoms with E-state index in [0.717, 1.165) is 24.2 Å². The normalized spacial score (nSPS) is 27.6. The maximum atomic E-state index is 13.0. The number of imide groups is 2. The zero-order valence-electron chi connectivity index (χ0n) is 14.3. The molecule has 24 heavy (non-hydrogen) atoms. The van der Waals surface area contributed by atoms with Crippen molar-refractivity contribution in [1.29, 1.82) is 0 Å². The Morgan fingerprint density at radius 3 is 2.17 bits per heavy atom. The van der Waals surface area contributed by atoms with Gasteiger partial charge in [-0.25, -0.2) is 4.79 Å². The van der Waals surface area contributed by atoms with Gasteiger partial charge in [-0.2, -0.15) is 0 Å². The summed E-state index contributed by atoms with van der Waals surface area (Å²) < 4.78 is 0. The molecule has 3 fully saturated rings. The summed E-state index contributed by atoms with van der Waals surface area (Å²) in [5.74, 6) is 0.0438. The van der Waals surface area contributed by atoms with E-state index in [4.69, 9.17) is 0 Å². The third kappa shape index (κ3) is 2.91. The van der Waals surface area contributed by atoms with Gasteiger partial charge in [-0.3, -0.25) is 24.2 Å². The summed E-state index contributed by atoms with van der Waals surface area (Å²) in [5.41, 5.74) is -0.777. The molecule has 0 aromatic carbocycles. The first-order chi connectivity index (χ1) is 11.3. The second-order valence-electron chi connectivity index (χ2n) is 7.50. The molecule has 0 unspecified atom stereocenters. The molecule has 0 aromatic rings. The van der Waals surface area contributed by atoms with Crippen LogP contribution in [0.4, 0.5) is 4.79 Å². The lowest BCUT2D eigenvalue weighted by molar-refractivity contribution is -0.140. The SMILES string of the molecule is CC(C)CC[C@@]1(C2CC2)NC(=O)N(CCN2C(=O)CCC2=O)C1=O. The van der Waals surface area contributed by atoms with Gasteiger partial charge in [0.2, 0.25) is 11.8 Å². The van der Waals surface area contributed by atoms with Gasteiger partial charge < -0.3 is 5.32 Å². The number of carbonyl (C=O) groups excluding carboxylic acids is 4. The Bertz CT molecular complexity index is 568. The molecule has 1 aliphatic carbocycles. The van der Waals surface area contributed by atoms with Crippen molar-refractivity contribution >= 4 is 23.8 Å². The standard InChI is InChI=1S/C17H25N3O4/c1-11(2)7-8-17(12-3-4-12)15(23)20(16(24)18-17)10-9-19-13(21)5-6-14(19)22/h11-12H,3-10H2,1-2H3,(H,18,24)/t17-/m0/s1. The van der Waals surface area contributed by atoms with Crippen molar-refractivity contribution in [2.75, 3.05) is 13.1 Å². The number of rotatable bonds is 7. The number of nitrogens with zero attached hydrogens (tertiary/aromatic N) is 2. The number of likely N-dealkylation sites (tertiary alicyclic amines) is 1. The highest BCUT2D eigenvalue weighted by atomic mass is 16.2. The fraction of sp³-hybridized carbons (Fsp3) is 0.765. The summed E-state index contributed by atoms with van der Waals surface area (Å²) in [7, 11) is 0. The van der Waals surface area contributed by atoms with Crippen LogP contribution in [0.15, 0.2) is 0 Å². The van der Waals surface area contributed by atoms with Crippen molar-refractivity contribution in [3.05, 3.63) is 0 Å². The molecule has 0 aromatic heterocycles. The molecular formula is C17H25N3O4. The van der Waals surface area contributed by atoms with Crippen LogP contribution in [-0.4, -0.2) is 52.2 Å². The minimum atomic E-state index is -0.777. The first kappa shape index (κ1) is 16.9. The van der Waals surface area contributed by atoms with Crippen LogP contribution in [0.2, 0.25) is 0 Å². The van der Waals surface area contributed by atoms with E-state index in [1.54, 1.807) is 0 Å². The maximum Gasteiger partial charge on any atom is 0.325 e. The molecule has 1 saturated carbocycles. The number of hydrogen-bond acceptors (Lipinski definition) is 4. The average molecular weight is 335 g/mol. The van der Waals surface area contributed by atoms with Crippen LogP contribution in [0.3, 0.4) is 0 Å². The molecule has 2 saturated heterocycles. The second kappa shape index (κ2) is 6.18. The van der Waals surface area contributed by atoms with Gasteiger partial charge in [-0.05, 0) is 37.5 Å². The summed E-state index contributed by atoms with van der Waals surface area (Å²) in [6.45, 7) is 4.38. The molecule has 2 heterocycles. The molecule has 3 aliphatic rings. The second-order valence-corrected chi connectivity index (χ2v) is 7.50. The third-order valence-corrected chi connectivity index (χ3v) is 5.29. The van der Waals surface area contributed by atoms with Crippen LogP contribution >= 0.6 is 0 Å². The molecule has 1 N–H and O–H groups in total. The maximum absolute atomic E-state index is 13.0. The Morgan fingerprint density at radius 2 is 1.62 bits per heavy atom. The van der Waals surface area contributed by atoms with Crippen LogP contribution in [0.25, 0.3) is 0 Å². The first-order valence-electron chi connectivity index (χ1n) is 8.82. The molecule has 3 rings (SSSR count). The number of carbonyl (C=O) groups is 4. The molecule has 1 atom stereocenters. The molecule has 5 amide bonds. The van der Waals surface area contributed by atoms with E-state index in [-0.39, 0.29) is 49.6 Å². The minimum absolute atomic E-state index is 0.0816. The van der Waals surface area contributed by atoms with Gasteiger partial charge in [0.05, 0.1) is 0 Å². The largest absolute Gasteiger partial charge is 0.325 e. The number of amides is 5. The van der Waals surface area contributed by atoms with Gasteiger partial charge in [0.15, 0.2) is 0 Å². The quantitative estimate of drug-likeness (QED) is 0.561. The zero-order valence-corrected chi connectivity index (χ0v) is 14.3. The van der Waals surface area contributed by atoms with Crippen molar-refractivity contribution in [3.8, 4) is 0 Å². The lowest BCUT2D eigenvalue weighted by Crippen LogP contribution is -2.49. The third-order valence-electron chi connectivity index (χ3n) is 5.29. The molecule has 7 nitrogen and oxygen atoms in total. The summed E-state index contributed by atoms with van der Waals surface area (Å²) in [6.07, 6.45) is 3.89. The van der Waals surface area contributed by atoms with Crippen LogP contribution < -0.4 is 5.32 Å². The van der Waals surface area contributed by atoms with Crippen LogP contribution in [-0.2, 0) is 14.4 Å².